The molecule has 0 unspecified atom stereocenters. The van der Waals surface area contributed by atoms with Gasteiger partial charge in [-0.15, -0.1) is 12.4 Å². The van der Waals surface area contributed by atoms with Crippen LogP contribution in [0.15, 0.2) is 30.3 Å². The number of hydrogen-bond donors (Lipinski definition) is 1. The van der Waals surface area contributed by atoms with Gasteiger partial charge in [-0.05, 0) is 17.2 Å². The van der Waals surface area contributed by atoms with Crippen molar-refractivity contribution in [3.8, 4) is 0 Å². The number of carbonyl (C=O) groups is 1. The molecule has 15 heavy (non-hydrogen) atoms. The monoisotopic (exact) mass is 227 g/mol. The SMILES string of the molecule is COC(=O)C=Cc1cccc(CN)c1.Cl. The lowest BCUT2D eigenvalue weighted by molar-refractivity contribution is -0.134. The molecule has 3 nitrogen and oxygen atoms in total. The van der Waals surface area contributed by atoms with Crippen molar-refractivity contribution in [2.75, 3.05) is 7.11 Å². The van der Waals surface area contributed by atoms with E-state index in [1.54, 1.807) is 6.08 Å². The van der Waals surface area contributed by atoms with E-state index in [-0.39, 0.29) is 18.4 Å². The number of rotatable bonds is 3. The van der Waals surface area contributed by atoms with Crippen LogP contribution in [-0.2, 0) is 16.1 Å². The quantitative estimate of drug-likeness (QED) is 0.632. The summed E-state index contributed by atoms with van der Waals surface area (Å²) in [5.41, 5.74) is 7.47. The third-order valence-corrected chi connectivity index (χ3v) is 1.80. The number of carbonyl (C=O) groups excluding carboxylic acids is 1. The summed E-state index contributed by atoms with van der Waals surface area (Å²) in [6.07, 6.45) is 3.08. The summed E-state index contributed by atoms with van der Waals surface area (Å²) in [5.74, 6) is -0.358. The first kappa shape index (κ1) is 13.7. The molecule has 4 heteroatoms. The second kappa shape index (κ2) is 7.04. The van der Waals surface area contributed by atoms with Gasteiger partial charge in [0.25, 0.3) is 0 Å². The van der Waals surface area contributed by atoms with E-state index in [0.29, 0.717) is 6.54 Å². The van der Waals surface area contributed by atoms with Crippen LogP contribution in [0.5, 0.6) is 0 Å². The van der Waals surface area contributed by atoms with Crippen molar-refractivity contribution in [3.63, 3.8) is 0 Å². The molecule has 0 amide bonds. The summed E-state index contributed by atoms with van der Waals surface area (Å²) in [6, 6.07) is 7.67. The zero-order valence-electron chi connectivity index (χ0n) is 8.47. The maximum atomic E-state index is 10.8. The van der Waals surface area contributed by atoms with Crippen molar-refractivity contribution in [2.24, 2.45) is 5.73 Å². The summed E-state index contributed by atoms with van der Waals surface area (Å²) in [7, 11) is 1.35. The van der Waals surface area contributed by atoms with E-state index in [9.17, 15) is 4.79 Å². The van der Waals surface area contributed by atoms with Crippen LogP contribution in [0.25, 0.3) is 6.08 Å². The number of nitrogens with two attached hydrogens (primary N) is 1. The molecule has 0 aliphatic heterocycles. The minimum absolute atomic E-state index is 0. The van der Waals surface area contributed by atoms with Crippen LogP contribution in [0.1, 0.15) is 11.1 Å². The molecule has 0 radical (unpaired) electrons. The number of methoxy groups -OCH3 is 1. The Morgan fingerprint density at radius 3 is 2.87 bits per heavy atom. The molecule has 0 aromatic heterocycles. The maximum Gasteiger partial charge on any atom is 0.330 e. The number of benzene rings is 1. The first-order chi connectivity index (χ1) is 6.76. The molecule has 0 spiro atoms. The van der Waals surface area contributed by atoms with E-state index in [1.165, 1.54) is 13.2 Å². The molecule has 0 aliphatic rings. The number of ether oxygens (including phenoxy) is 1. The molecule has 0 heterocycles. The Morgan fingerprint density at radius 2 is 2.27 bits per heavy atom. The second-order valence-corrected chi connectivity index (χ2v) is 2.81. The Bertz CT molecular complexity index is 350. The smallest absolute Gasteiger partial charge is 0.330 e. The molecule has 0 aliphatic carbocycles. The standard InChI is InChI=1S/C11H13NO2.ClH/c1-14-11(13)6-5-9-3-2-4-10(7-9)8-12;/h2-7H,8,12H2,1H3;1H. The van der Waals surface area contributed by atoms with Gasteiger partial charge in [0.15, 0.2) is 0 Å². The zero-order chi connectivity index (χ0) is 10.4. The highest BCUT2D eigenvalue weighted by atomic mass is 35.5. The Balaban J connectivity index is 0.00000196. The molecule has 2 N–H and O–H groups in total. The molecular weight excluding hydrogens is 214 g/mol. The van der Waals surface area contributed by atoms with Gasteiger partial charge in [-0.1, -0.05) is 24.3 Å². The first-order valence-corrected chi connectivity index (χ1v) is 4.31. The number of halogens is 1. The van der Waals surface area contributed by atoms with E-state index in [0.717, 1.165) is 11.1 Å². The Labute approximate surface area is 95.3 Å². The summed E-state index contributed by atoms with van der Waals surface area (Å²) in [4.78, 5) is 10.8. The molecule has 0 saturated carbocycles. The van der Waals surface area contributed by atoms with Crippen molar-refractivity contribution in [3.05, 3.63) is 41.5 Å². The van der Waals surface area contributed by atoms with Crippen LogP contribution in [0.4, 0.5) is 0 Å². The Hall–Kier alpha value is -1.32. The van der Waals surface area contributed by atoms with Gasteiger partial charge >= 0.3 is 5.97 Å². The first-order valence-electron chi connectivity index (χ1n) is 4.31. The third-order valence-electron chi connectivity index (χ3n) is 1.80. The highest BCUT2D eigenvalue weighted by molar-refractivity contribution is 5.86. The topological polar surface area (TPSA) is 52.3 Å². The van der Waals surface area contributed by atoms with Gasteiger partial charge in [-0.2, -0.15) is 0 Å². The fourth-order valence-electron chi connectivity index (χ4n) is 1.06. The van der Waals surface area contributed by atoms with Crippen LogP contribution < -0.4 is 5.73 Å². The fraction of sp³-hybridized carbons (Fsp3) is 0.182. The summed E-state index contributed by atoms with van der Waals surface area (Å²) < 4.78 is 4.48. The number of hydrogen-bond acceptors (Lipinski definition) is 3. The highest BCUT2D eigenvalue weighted by Crippen LogP contribution is 2.06. The molecule has 0 bridgehead atoms. The minimum atomic E-state index is -0.358. The van der Waals surface area contributed by atoms with E-state index in [2.05, 4.69) is 4.74 Å². The van der Waals surface area contributed by atoms with E-state index >= 15 is 0 Å². The summed E-state index contributed by atoms with van der Waals surface area (Å²) in [6.45, 7) is 0.500. The minimum Gasteiger partial charge on any atom is -0.466 e. The van der Waals surface area contributed by atoms with Crippen molar-refractivity contribution in [1.29, 1.82) is 0 Å². The second-order valence-electron chi connectivity index (χ2n) is 2.81. The molecule has 1 aromatic carbocycles. The van der Waals surface area contributed by atoms with Gasteiger partial charge in [0.05, 0.1) is 7.11 Å². The van der Waals surface area contributed by atoms with Gasteiger partial charge in [-0.25, -0.2) is 4.79 Å². The van der Waals surface area contributed by atoms with Gasteiger partial charge < -0.3 is 10.5 Å². The van der Waals surface area contributed by atoms with Crippen molar-refractivity contribution in [2.45, 2.75) is 6.54 Å². The van der Waals surface area contributed by atoms with E-state index in [4.69, 9.17) is 5.73 Å². The summed E-state index contributed by atoms with van der Waals surface area (Å²) >= 11 is 0. The summed E-state index contributed by atoms with van der Waals surface area (Å²) in [5, 5.41) is 0. The molecule has 0 atom stereocenters. The largest absolute Gasteiger partial charge is 0.466 e. The fourth-order valence-corrected chi connectivity index (χ4v) is 1.06. The van der Waals surface area contributed by atoms with Gasteiger partial charge in [0.2, 0.25) is 0 Å². The van der Waals surface area contributed by atoms with E-state index in [1.807, 2.05) is 24.3 Å². The molecule has 82 valence electrons. The highest BCUT2D eigenvalue weighted by Gasteiger charge is 1.93. The number of esters is 1. The van der Waals surface area contributed by atoms with Crippen molar-refractivity contribution >= 4 is 24.5 Å². The molecule has 1 aromatic rings. The van der Waals surface area contributed by atoms with E-state index < -0.39 is 0 Å². The molecule has 0 fully saturated rings. The third kappa shape index (κ3) is 4.63. The molecule has 1 rings (SSSR count). The molecule has 0 saturated heterocycles. The normalized spacial score (nSPS) is 9.73. The van der Waals surface area contributed by atoms with Crippen LogP contribution >= 0.6 is 12.4 Å². The zero-order valence-corrected chi connectivity index (χ0v) is 9.29. The Kier molecular flexibility index (Phi) is 6.42. The van der Waals surface area contributed by atoms with Crippen LogP contribution in [-0.4, -0.2) is 13.1 Å². The van der Waals surface area contributed by atoms with Crippen LogP contribution in [0.3, 0.4) is 0 Å². The average molecular weight is 228 g/mol. The lowest BCUT2D eigenvalue weighted by atomic mass is 10.1. The lowest BCUT2D eigenvalue weighted by Gasteiger charge is -1.97. The van der Waals surface area contributed by atoms with Gasteiger partial charge in [0.1, 0.15) is 0 Å². The van der Waals surface area contributed by atoms with Crippen molar-refractivity contribution < 1.29 is 9.53 Å². The lowest BCUT2D eigenvalue weighted by Crippen LogP contribution is -1.96. The predicted octanol–water partition coefficient (Wildman–Crippen LogP) is 1.75. The van der Waals surface area contributed by atoms with Gasteiger partial charge in [0, 0.05) is 12.6 Å². The van der Waals surface area contributed by atoms with Crippen LogP contribution in [0.2, 0.25) is 0 Å². The Morgan fingerprint density at radius 1 is 1.53 bits per heavy atom. The van der Waals surface area contributed by atoms with Gasteiger partial charge in [-0.3, -0.25) is 0 Å². The maximum absolute atomic E-state index is 10.8. The predicted molar refractivity (Wildman–Crippen MR) is 62.6 cm³/mol. The van der Waals surface area contributed by atoms with Crippen molar-refractivity contribution in [1.82, 2.24) is 0 Å². The molecular formula is C11H14ClNO2. The van der Waals surface area contributed by atoms with Crippen LogP contribution in [0, 0.1) is 0 Å². The average Bonchev–Trinajstić information content (AvgIpc) is 2.26.